The van der Waals surface area contributed by atoms with Gasteiger partial charge in [0.2, 0.25) is 0 Å². The molecule has 1 aromatic heterocycles. The number of phenols is 1. The lowest BCUT2D eigenvalue weighted by Gasteiger charge is -2.34. The van der Waals surface area contributed by atoms with Crippen LogP contribution < -0.4 is 10.6 Å². The van der Waals surface area contributed by atoms with Gasteiger partial charge >= 0.3 is 0 Å². The lowest BCUT2D eigenvalue weighted by atomic mass is 9.73. The number of carbonyl (C=O) groups is 1. The van der Waals surface area contributed by atoms with E-state index in [1.165, 1.54) is 0 Å². The standard InChI is InChI=1S/C20H19Cl2N3O2/c1-20(2)8-12-16(14(27)9-20)17(10-6-7-15(21)25-19(10)22)23-11-4-3-5-13(26)18(11)24-12/h3-7,17,23-24,26H,8-9H2,1-2H3. The van der Waals surface area contributed by atoms with Crippen LogP contribution in [0.2, 0.25) is 10.3 Å². The molecule has 1 aliphatic heterocycles. The first-order chi connectivity index (χ1) is 12.7. The number of aromatic nitrogens is 1. The van der Waals surface area contributed by atoms with Crippen molar-refractivity contribution in [2.45, 2.75) is 32.7 Å². The van der Waals surface area contributed by atoms with Gasteiger partial charge in [0.05, 0.1) is 11.7 Å². The Labute approximate surface area is 167 Å². The number of ketones is 1. The van der Waals surface area contributed by atoms with Gasteiger partial charge in [0.1, 0.15) is 21.7 Å². The van der Waals surface area contributed by atoms with Gasteiger partial charge < -0.3 is 15.7 Å². The van der Waals surface area contributed by atoms with Gasteiger partial charge in [-0.3, -0.25) is 4.79 Å². The summed E-state index contributed by atoms with van der Waals surface area (Å²) in [7, 11) is 0. The Kier molecular flexibility index (Phi) is 4.32. The van der Waals surface area contributed by atoms with Crippen molar-refractivity contribution in [1.82, 2.24) is 4.98 Å². The largest absolute Gasteiger partial charge is 0.506 e. The maximum atomic E-state index is 13.1. The molecule has 2 aliphatic rings. The summed E-state index contributed by atoms with van der Waals surface area (Å²) < 4.78 is 0. The summed E-state index contributed by atoms with van der Waals surface area (Å²) in [5, 5.41) is 17.6. The van der Waals surface area contributed by atoms with Crippen LogP contribution in [0.4, 0.5) is 11.4 Å². The zero-order valence-corrected chi connectivity index (χ0v) is 16.4. The van der Waals surface area contributed by atoms with Crippen molar-refractivity contribution in [3.8, 4) is 5.75 Å². The van der Waals surface area contributed by atoms with E-state index in [0.29, 0.717) is 40.5 Å². The van der Waals surface area contributed by atoms with Crippen molar-refractivity contribution in [2.75, 3.05) is 10.6 Å². The molecule has 1 atom stereocenters. The average molecular weight is 404 g/mol. The molecule has 27 heavy (non-hydrogen) atoms. The lowest BCUT2D eigenvalue weighted by molar-refractivity contribution is -0.118. The summed E-state index contributed by atoms with van der Waals surface area (Å²) in [5.41, 5.74) is 3.14. The number of allylic oxidation sites excluding steroid dienone is 1. The van der Waals surface area contributed by atoms with Gasteiger partial charge in [0, 0.05) is 23.3 Å². The molecule has 4 rings (SSSR count). The molecule has 0 radical (unpaired) electrons. The van der Waals surface area contributed by atoms with Crippen molar-refractivity contribution < 1.29 is 9.90 Å². The van der Waals surface area contributed by atoms with E-state index < -0.39 is 6.04 Å². The van der Waals surface area contributed by atoms with Gasteiger partial charge in [0.15, 0.2) is 5.78 Å². The smallest absolute Gasteiger partial charge is 0.163 e. The van der Waals surface area contributed by atoms with Gasteiger partial charge in [-0.2, -0.15) is 0 Å². The number of carbonyl (C=O) groups excluding carboxylic acids is 1. The molecule has 2 heterocycles. The fourth-order valence-corrected chi connectivity index (χ4v) is 4.28. The Morgan fingerprint density at radius 2 is 1.96 bits per heavy atom. The minimum Gasteiger partial charge on any atom is -0.506 e. The molecule has 0 saturated heterocycles. The van der Waals surface area contributed by atoms with E-state index >= 15 is 0 Å². The number of anilines is 2. The van der Waals surface area contributed by atoms with Crippen molar-refractivity contribution in [1.29, 1.82) is 0 Å². The Bertz CT molecular complexity index is 985. The first-order valence-electron chi connectivity index (χ1n) is 8.69. The van der Waals surface area contributed by atoms with Crippen molar-refractivity contribution in [3.63, 3.8) is 0 Å². The number of rotatable bonds is 1. The summed E-state index contributed by atoms with van der Waals surface area (Å²) in [6.45, 7) is 4.12. The number of para-hydroxylation sites is 1. The van der Waals surface area contributed by atoms with E-state index in [9.17, 15) is 9.90 Å². The second-order valence-electron chi connectivity index (χ2n) is 7.75. The number of hydrogen-bond donors (Lipinski definition) is 3. The van der Waals surface area contributed by atoms with Crippen molar-refractivity contribution in [2.24, 2.45) is 5.41 Å². The third-order valence-corrected chi connectivity index (χ3v) is 5.49. The molecule has 1 unspecified atom stereocenters. The highest BCUT2D eigenvalue weighted by Crippen LogP contribution is 2.48. The van der Waals surface area contributed by atoms with Crippen LogP contribution in [0.15, 0.2) is 41.6 Å². The van der Waals surface area contributed by atoms with E-state index in [4.69, 9.17) is 23.2 Å². The minimum absolute atomic E-state index is 0.0459. The van der Waals surface area contributed by atoms with Gasteiger partial charge in [-0.1, -0.05) is 49.2 Å². The zero-order chi connectivity index (χ0) is 19.3. The van der Waals surface area contributed by atoms with Crippen LogP contribution in [0.5, 0.6) is 5.75 Å². The lowest BCUT2D eigenvalue weighted by Crippen LogP contribution is -2.31. The maximum Gasteiger partial charge on any atom is 0.163 e. The topological polar surface area (TPSA) is 74.2 Å². The number of hydrogen-bond acceptors (Lipinski definition) is 5. The number of nitrogens with one attached hydrogen (secondary N) is 2. The predicted molar refractivity (Wildman–Crippen MR) is 107 cm³/mol. The van der Waals surface area contributed by atoms with E-state index in [-0.39, 0.29) is 22.1 Å². The number of phenolic OH excluding ortho intramolecular Hbond substituents is 1. The first kappa shape index (κ1) is 18.1. The highest BCUT2D eigenvalue weighted by atomic mass is 35.5. The van der Waals surface area contributed by atoms with Gasteiger partial charge in [0.25, 0.3) is 0 Å². The highest BCUT2D eigenvalue weighted by molar-refractivity contribution is 6.33. The summed E-state index contributed by atoms with van der Waals surface area (Å²) in [5.74, 6) is 0.160. The predicted octanol–water partition coefficient (Wildman–Crippen LogP) is 5.32. The third kappa shape index (κ3) is 3.26. The van der Waals surface area contributed by atoms with Crippen molar-refractivity contribution in [3.05, 3.63) is 57.5 Å². The average Bonchev–Trinajstić information content (AvgIpc) is 2.71. The Morgan fingerprint density at radius 3 is 2.70 bits per heavy atom. The maximum absolute atomic E-state index is 13.1. The zero-order valence-electron chi connectivity index (χ0n) is 14.9. The highest BCUT2D eigenvalue weighted by Gasteiger charge is 2.39. The van der Waals surface area contributed by atoms with Crippen LogP contribution in [0, 0.1) is 5.41 Å². The Balaban J connectivity index is 1.93. The molecule has 0 amide bonds. The summed E-state index contributed by atoms with van der Waals surface area (Å²) in [4.78, 5) is 17.2. The molecular weight excluding hydrogens is 385 g/mol. The fraction of sp³-hybridized carbons (Fsp3) is 0.300. The molecule has 0 spiro atoms. The molecule has 7 heteroatoms. The number of nitrogens with zero attached hydrogens (tertiary/aromatic N) is 1. The van der Waals surface area contributed by atoms with E-state index in [1.807, 2.05) is 6.07 Å². The third-order valence-electron chi connectivity index (χ3n) is 4.98. The quantitative estimate of drug-likeness (QED) is 0.443. The van der Waals surface area contributed by atoms with Gasteiger partial charge in [-0.15, -0.1) is 0 Å². The van der Waals surface area contributed by atoms with Gasteiger partial charge in [-0.25, -0.2) is 4.98 Å². The monoisotopic (exact) mass is 403 g/mol. The molecular formula is C20H19Cl2N3O2. The molecule has 140 valence electrons. The molecule has 2 aromatic rings. The van der Waals surface area contributed by atoms with Gasteiger partial charge in [-0.05, 0) is 30.0 Å². The number of halogens is 2. The number of pyridine rings is 1. The Morgan fingerprint density at radius 1 is 1.19 bits per heavy atom. The second-order valence-corrected chi connectivity index (χ2v) is 8.49. The summed E-state index contributed by atoms with van der Waals surface area (Å²) in [6, 6.07) is 8.15. The van der Waals surface area contributed by atoms with Crippen LogP contribution in [0.25, 0.3) is 0 Å². The van der Waals surface area contributed by atoms with E-state index in [0.717, 1.165) is 5.70 Å². The number of fused-ring (bicyclic) bond motifs is 1. The summed E-state index contributed by atoms with van der Waals surface area (Å²) >= 11 is 12.3. The normalized spacial score (nSPS) is 20.9. The number of Topliss-reactive ketones (excluding diaryl/α,β-unsaturated/α-hetero) is 1. The molecule has 1 aliphatic carbocycles. The molecule has 0 fully saturated rings. The van der Waals surface area contributed by atoms with E-state index in [1.54, 1.807) is 24.3 Å². The molecule has 3 N–H and O–H groups in total. The van der Waals surface area contributed by atoms with Crippen molar-refractivity contribution >= 4 is 40.4 Å². The molecule has 5 nitrogen and oxygen atoms in total. The first-order valence-corrected chi connectivity index (χ1v) is 9.44. The van der Waals surface area contributed by atoms with Crippen LogP contribution in [-0.4, -0.2) is 15.9 Å². The Hall–Kier alpha value is -2.24. The minimum atomic E-state index is -0.489. The van der Waals surface area contributed by atoms with Crippen LogP contribution >= 0.6 is 23.2 Å². The molecule has 0 saturated carbocycles. The van der Waals surface area contributed by atoms with E-state index in [2.05, 4.69) is 29.5 Å². The fourth-order valence-electron chi connectivity index (χ4n) is 3.82. The number of aromatic hydroxyl groups is 1. The summed E-state index contributed by atoms with van der Waals surface area (Å²) in [6.07, 6.45) is 1.12. The SMILES string of the molecule is CC1(C)CC(=O)C2=C(C1)Nc1c(O)cccc1NC2c1ccc(Cl)nc1Cl. The van der Waals surface area contributed by atoms with Crippen LogP contribution in [-0.2, 0) is 4.79 Å². The van der Waals surface area contributed by atoms with Crippen LogP contribution in [0.3, 0.4) is 0 Å². The molecule has 1 aromatic carbocycles. The van der Waals surface area contributed by atoms with Crippen LogP contribution in [0.1, 0.15) is 38.3 Å². The molecule has 0 bridgehead atoms. The number of benzene rings is 1. The second kappa shape index (κ2) is 6.43.